The molecule has 0 amide bonds. The molecule has 0 fully saturated rings. The van der Waals surface area contributed by atoms with Gasteiger partial charge in [0.15, 0.2) is 0 Å². The molecule has 0 spiro atoms. The van der Waals surface area contributed by atoms with E-state index in [2.05, 4.69) is 182 Å². The predicted octanol–water partition coefficient (Wildman–Crippen LogP) is 12.8. The van der Waals surface area contributed by atoms with Crippen LogP contribution in [-0.4, -0.2) is 6.21 Å². The van der Waals surface area contributed by atoms with Crippen molar-refractivity contribution in [2.24, 2.45) is 10.7 Å². The summed E-state index contributed by atoms with van der Waals surface area (Å²) in [6.07, 6.45) is 2.52. The van der Waals surface area contributed by atoms with E-state index in [-0.39, 0.29) is 6.04 Å². The molecule has 3 N–H and O–H groups in total. The van der Waals surface area contributed by atoms with Crippen molar-refractivity contribution in [3.8, 4) is 28.3 Å². The highest BCUT2D eigenvalue weighted by atomic mass is 14.9. The third-order valence-electron chi connectivity index (χ3n) is 11.8. The maximum atomic E-state index is 9.49. The van der Waals surface area contributed by atoms with Crippen LogP contribution >= 0.6 is 0 Å². The summed E-state index contributed by atoms with van der Waals surface area (Å²) >= 11 is 0. The van der Waals surface area contributed by atoms with Gasteiger partial charge in [0.1, 0.15) is 0 Å². The van der Waals surface area contributed by atoms with Gasteiger partial charge in [-0.1, -0.05) is 170 Å². The minimum atomic E-state index is -0.607. The van der Waals surface area contributed by atoms with Gasteiger partial charge in [-0.3, -0.25) is 4.99 Å². The molecule has 8 aromatic rings. The average Bonchev–Trinajstić information content (AvgIpc) is 3.60. The predicted molar refractivity (Wildman–Crippen MR) is 243 cm³/mol. The molecule has 0 aromatic heterocycles. The van der Waals surface area contributed by atoms with E-state index in [4.69, 9.17) is 10.7 Å². The Bertz CT molecular complexity index is 2780. The summed E-state index contributed by atoms with van der Waals surface area (Å²) in [5.74, 6) is 0. The van der Waals surface area contributed by atoms with Crippen LogP contribution in [0.25, 0.3) is 22.3 Å². The van der Waals surface area contributed by atoms with Crippen LogP contribution in [-0.2, 0) is 11.0 Å². The lowest BCUT2D eigenvalue weighted by atomic mass is 9.67. The Morgan fingerprint density at radius 1 is 0.627 bits per heavy atom. The summed E-state index contributed by atoms with van der Waals surface area (Å²) in [7, 11) is 0. The summed E-state index contributed by atoms with van der Waals surface area (Å²) in [5.41, 5.74) is 21.2. The number of nitrogens with two attached hydrogens (primary N) is 1. The minimum Gasteiger partial charge on any atom is -0.355 e. The summed E-state index contributed by atoms with van der Waals surface area (Å²) < 4.78 is 0. The number of aliphatic imine (C=N–C) groups is 1. The fraction of sp³-hybridized carbons (Fsp3) is 0.0909. The number of anilines is 2. The Kier molecular flexibility index (Phi) is 10.0. The number of nitrogens with zero attached hydrogens (tertiary/aromatic N) is 2. The molecule has 0 saturated heterocycles. The zero-order valence-corrected chi connectivity index (χ0v) is 33.0. The van der Waals surface area contributed by atoms with Gasteiger partial charge in [0.25, 0.3) is 0 Å². The number of benzene rings is 8. The Morgan fingerprint density at radius 3 is 1.98 bits per heavy atom. The lowest BCUT2D eigenvalue weighted by molar-refractivity contribution is 0.412. The molecule has 0 bridgehead atoms. The van der Waals surface area contributed by atoms with Gasteiger partial charge < -0.3 is 11.1 Å². The molecule has 59 heavy (non-hydrogen) atoms. The third-order valence-corrected chi connectivity index (χ3v) is 11.8. The van der Waals surface area contributed by atoms with Crippen LogP contribution in [0.3, 0.4) is 0 Å². The molecule has 0 saturated carbocycles. The number of hydrogen-bond donors (Lipinski definition) is 2. The van der Waals surface area contributed by atoms with E-state index in [9.17, 15) is 5.26 Å². The molecule has 0 aliphatic heterocycles. The number of rotatable bonds is 11. The lowest BCUT2D eigenvalue weighted by Crippen LogP contribution is -2.28. The van der Waals surface area contributed by atoms with Crippen molar-refractivity contribution < 1.29 is 0 Å². The molecule has 1 aliphatic carbocycles. The van der Waals surface area contributed by atoms with Gasteiger partial charge in [0.05, 0.1) is 22.6 Å². The van der Waals surface area contributed by atoms with Crippen LogP contribution in [0.1, 0.15) is 63.9 Å². The normalized spacial score (nSPS) is 14.1. The SMILES string of the molecule is CC(CC(N)c1cccc(C#N)c1)(N=Cc1cccc(Nc2ccccc2-c2ccc3c(c2)-c2ccccc2C3(c2ccccc2)c2ccccc2)c1)c1ccccc1. The number of fused-ring (bicyclic) bond motifs is 3. The Balaban J connectivity index is 1.05. The molecule has 284 valence electrons. The van der Waals surface area contributed by atoms with E-state index >= 15 is 0 Å². The van der Waals surface area contributed by atoms with Gasteiger partial charge in [-0.05, 0) is 105 Å². The first-order chi connectivity index (χ1) is 29.0. The van der Waals surface area contributed by atoms with Gasteiger partial charge in [-0.15, -0.1) is 0 Å². The van der Waals surface area contributed by atoms with Gasteiger partial charge in [-0.2, -0.15) is 5.26 Å². The van der Waals surface area contributed by atoms with Crippen molar-refractivity contribution in [2.75, 3.05) is 5.32 Å². The molecule has 4 heteroatoms. The maximum absolute atomic E-state index is 9.49. The van der Waals surface area contributed by atoms with E-state index in [1.807, 2.05) is 42.6 Å². The fourth-order valence-electron chi connectivity index (χ4n) is 8.96. The summed E-state index contributed by atoms with van der Waals surface area (Å²) in [4.78, 5) is 5.23. The molecule has 2 atom stereocenters. The lowest BCUT2D eigenvalue weighted by Gasteiger charge is -2.33. The quantitative estimate of drug-likeness (QED) is 0.129. The van der Waals surface area contributed by atoms with Crippen molar-refractivity contribution >= 4 is 17.6 Å². The molecule has 4 nitrogen and oxygen atoms in total. The smallest absolute Gasteiger partial charge is 0.0991 e. The number of hydrogen-bond acceptors (Lipinski definition) is 4. The highest BCUT2D eigenvalue weighted by molar-refractivity contribution is 5.91. The van der Waals surface area contributed by atoms with Gasteiger partial charge in [-0.25, -0.2) is 0 Å². The summed E-state index contributed by atoms with van der Waals surface area (Å²) in [6.45, 7) is 2.13. The summed E-state index contributed by atoms with van der Waals surface area (Å²) in [6, 6.07) is 74.4. The molecule has 8 aromatic carbocycles. The van der Waals surface area contributed by atoms with Crippen LogP contribution in [0.2, 0.25) is 0 Å². The topological polar surface area (TPSA) is 74.2 Å². The minimum absolute atomic E-state index is 0.309. The fourth-order valence-corrected chi connectivity index (χ4v) is 8.96. The zero-order valence-electron chi connectivity index (χ0n) is 33.0. The number of para-hydroxylation sites is 1. The van der Waals surface area contributed by atoms with Crippen molar-refractivity contribution in [2.45, 2.75) is 30.3 Å². The average molecular weight is 761 g/mol. The Hall–Kier alpha value is -7.32. The largest absolute Gasteiger partial charge is 0.355 e. The van der Waals surface area contributed by atoms with E-state index < -0.39 is 11.0 Å². The molecule has 0 heterocycles. The molecule has 1 aliphatic rings. The monoisotopic (exact) mass is 760 g/mol. The van der Waals surface area contributed by atoms with Crippen LogP contribution < -0.4 is 11.1 Å². The first-order valence-electron chi connectivity index (χ1n) is 20.1. The first-order valence-corrected chi connectivity index (χ1v) is 20.1. The van der Waals surface area contributed by atoms with Crippen molar-refractivity contribution in [3.63, 3.8) is 0 Å². The van der Waals surface area contributed by atoms with Crippen LogP contribution in [0.15, 0.2) is 211 Å². The van der Waals surface area contributed by atoms with Gasteiger partial charge in [0, 0.05) is 29.2 Å². The Morgan fingerprint density at radius 2 is 1.25 bits per heavy atom. The second-order valence-electron chi connectivity index (χ2n) is 15.5. The van der Waals surface area contributed by atoms with Gasteiger partial charge >= 0.3 is 0 Å². The number of nitriles is 1. The standard InChI is InChI=1S/C55H44N4/c1-54(43-20-5-2-6-21-43,36-52(57)42-19-15-17-39(33-42)37-56)58-38-40-18-16-26-46(34-40)59-53-30-14-12-27-47(53)41-31-32-51-49(35-41)48-28-11-13-29-50(48)55(51,44-22-7-3-8-23-44)45-24-9-4-10-25-45/h2-35,38,52,59H,36,57H2,1H3. The van der Waals surface area contributed by atoms with E-state index in [1.54, 1.807) is 6.07 Å². The zero-order chi connectivity index (χ0) is 40.2. The molecule has 2 unspecified atom stereocenters. The molecule has 9 rings (SSSR count). The van der Waals surface area contributed by atoms with Crippen LogP contribution in [0.5, 0.6) is 0 Å². The van der Waals surface area contributed by atoms with E-state index in [0.29, 0.717) is 12.0 Å². The van der Waals surface area contributed by atoms with E-state index in [0.717, 1.165) is 39.2 Å². The van der Waals surface area contributed by atoms with E-state index in [1.165, 1.54) is 33.4 Å². The second-order valence-corrected chi connectivity index (χ2v) is 15.5. The van der Waals surface area contributed by atoms with Crippen molar-refractivity contribution in [1.29, 1.82) is 5.26 Å². The Labute approximate surface area is 347 Å². The molecular formula is C55H44N4. The van der Waals surface area contributed by atoms with Gasteiger partial charge in [0.2, 0.25) is 0 Å². The van der Waals surface area contributed by atoms with Crippen molar-refractivity contribution in [1.82, 2.24) is 0 Å². The highest BCUT2D eigenvalue weighted by Crippen LogP contribution is 2.56. The van der Waals surface area contributed by atoms with Crippen LogP contribution in [0, 0.1) is 11.3 Å². The number of nitrogens with one attached hydrogen (secondary N) is 1. The third kappa shape index (κ3) is 7.03. The summed E-state index contributed by atoms with van der Waals surface area (Å²) in [5, 5.41) is 13.2. The second kappa shape index (κ2) is 15.9. The maximum Gasteiger partial charge on any atom is 0.0991 e. The highest BCUT2D eigenvalue weighted by Gasteiger charge is 2.46. The molecule has 0 radical (unpaired) electrons. The van der Waals surface area contributed by atoms with Crippen LogP contribution in [0.4, 0.5) is 11.4 Å². The first kappa shape index (κ1) is 37.3. The molecular weight excluding hydrogens is 717 g/mol. The van der Waals surface area contributed by atoms with Crippen molar-refractivity contribution in [3.05, 3.63) is 251 Å².